The first-order valence-electron chi connectivity index (χ1n) is 6.68. The lowest BCUT2D eigenvalue weighted by molar-refractivity contribution is 0.227. The van der Waals surface area contributed by atoms with Gasteiger partial charge in [-0.3, -0.25) is 0 Å². The van der Waals surface area contributed by atoms with Crippen LogP contribution in [0.5, 0.6) is 5.75 Å². The fourth-order valence-electron chi connectivity index (χ4n) is 1.71. The Hall–Kier alpha value is -0.630. The van der Waals surface area contributed by atoms with Crippen LogP contribution in [0.3, 0.4) is 0 Å². The Labute approximate surface area is 117 Å². The lowest BCUT2D eigenvalue weighted by Crippen LogP contribution is -2.19. The number of benzene rings is 1. The van der Waals surface area contributed by atoms with Crippen molar-refractivity contribution in [3.63, 3.8) is 0 Å². The van der Waals surface area contributed by atoms with Gasteiger partial charge in [-0.15, -0.1) is 0 Å². The Morgan fingerprint density at radius 2 is 1.67 bits per heavy atom. The largest absolute Gasteiger partial charge is 0.493 e. The molecule has 0 amide bonds. The number of hydrogen-bond acceptors (Lipinski definition) is 2. The van der Waals surface area contributed by atoms with Gasteiger partial charge >= 0.3 is 0 Å². The number of thiol groups is 1. The van der Waals surface area contributed by atoms with E-state index >= 15 is 0 Å². The van der Waals surface area contributed by atoms with E-state index in [9.17, 15) is 0 Å². The molecule has 0 aromatic heterocycles. The maximum Gasteiger partial charge on any atom is 0.119 e. The van der Waals surface area contributed by atoms with Gasteiger partial charge in [-0.05, 0) is 34.8 Å². The first-order valence-corrected chi connectivity index (χ1v) is 7.32. The van der Waals surface area contributed by atoms with E-state index in [1.54, 1.807) is 0 Å². The Bertz CT molecular complexity index is 348. The predicted molar refractivity (Wildman–Crippen MR) is 82.8 cm³/mol. The molecule has 0 bridgehead atoms. The van der Waals surface area contributed by atoms with Gasteiger partial charge in [0.2, 0.25) is 0 Å². The molecule has 0 aliphatic heterocycles. The summed E-state index contributed by atoms with van der Waals surface area (Å²) in [5.41, 5.74) is 1.54. The second kappa shape index (κ2) is 6.51. The minimum absolute atomic E-state index is 0.199. The smallest absolute Gasteiger partial charge is 0.119 e. The summed E-state index contributed by atoms with van der Waals surface area (Å²) in [7, 11) is 0. The summed E-state index contributed by atoms with van der Waals surface area (Å²) in [4.78, 5) is 0. The van der Waals surface area contributed by atoms with Gasteiger partial charge in [0, 0.05) is 5.92 Å². The molecule has 18 heavy (non-hydrogen) atoms. The van der Waals surface area contributed by atoms with Crippen LogP contribution in [0.25, 0.3) is 0 Å². The molecule has 0 radical (unpaired) electrons. The summed E-state index contributed by atoms with van der Waals surface area (Å²) < 4.78 is 5.84. The van der Waals surface area contributed by atoms with Crippen LogP contribution in [0.1, 0.15) is 40.2 Å². The molecule has 0 saturated carbocycles. The monoisotopic (exact) mass is 266 g/mol. The molecule has 1 rings (SSSR count). The molecular formula is C16H26OS. The van der Waals surface area contributed by atoms with E-state index in [-0.39, 0.29) is 5.41 Å². The van der Waals surface area contributed by atoms with Gasteiger partial charge in [0.25, 0.3) is 0 Å². The SMILES string of the molecule is CC(C)C(CS)COc1ccc(C(C)(C)C)cc1. The zero-order chi connectivity index (χ0) is 13.8. The van der Waals surface area contributed by atoms with Crippen molar-refractivity contribution in [3.8, 4) is 5.75 Å². The summed E-state index contributed by atoms with van der Waals surface area (Å²) in [6.07, 6.45) is 0. The molecule has 0 saturated heterocycles. The van der Waals surface area contributed by atoms with Crippen LogP contribution in [-0.2, 0) is 5.41 Å². The quantitative estimate of drug-likeness (QED) is 0.768. The molecule has 0 aliphatic rings. The van der Waals surface area contributed by atoms with Crippen molar-refractivity contribution in [2.45, 2.75) is 40.0 Å². The number of hydrogen-bond donors (Lipinski definition) is 1. The van der Waals surface area contributed by atoms with Crippen molar-refractivity contribution in [3.05, 3.63) is 29.8 Å². The minimum atomic E-state index is 0.199. The molecule has 0 fully saturated rings. The van der Waals surface area contributed by atoms with E-state index in [2.05, 4.69) is 71.5 Å². The molecule has 1 unspecified atom stereocenters. The molecule has 1 aromatic carbocycles. The van der Waals surface area contributed by atoms with Gasteiger partial charge in [-0.25, -0.2) is 0 Å². The maximum absolute atomic E-state index is 5.84. The average molecular weight is 266 g/mol. The van der Waals surface area contributed by atoms with E-state index in [4.69, 9.17) is 4.74 Å². The Balaban J connectivity index is 2.59. The molecule has 1 nitrogen and oxygen atoms in total. The molecule has 0 spiro atoms. The van der Waals surface area contributed by atoms with E-state index < -0.39 is 0 Å². The zero-order valence-electron chi connectivity index (χ0n) is 12.2. The van der Waals surface area contributed by atoms with Crippen molar-refractivity contribution < 1.29 is 4.74 Å². The predicted octanol–water partition coefficient (Wildman–Crippen LogP) is 4.56. The summed E-state index contributed by atoms with van der Waals surface area (Å²) in [5.74, 6) is 2.94. The third-order valence-electron chi connectivity index (χ3n) is 3.36. The van der Waals surface area contributed by atoms with Crippen LogP contribution in [0.2, 0.25) is 0 Å². The van der Waals surface area contributed by atoms with Crippen LogP contribution in [-0.4, -0.2) is 12.4 Å². The fourth-order valence-corrected chi connectivity index (χ4v) is 2.24. The Kier molecular flexibility index (Phi) is 5.58. The van der Waals surface area contributed by atoms with Crippen LogP contribution in [0.15, 0.2) is 24.3 Å². The lowest BCUT2D eigenvalue weighted by Gasteiger charge is -2.21. The minimum Gasteiger partial charge on any atom is -0.493 e. The Morgan fingerprint density at radius 3 is 2.06 bits per heavy atom. The highest BCUT2D eigenvalue weighted by Crippen LogP contribution is 2.24. The van der Waals surface area contributed by atoms with Gasteiger partial charge in [0.1, 0.15) is 5.75 Å². The highest BCUT2D eigenvalue weighted by Gasteiger charge is 2.14. The first kappa shape index (κ1) is 15.4. The third kappa shape index (κ3) is 4.56. The van der Waals surface area contributed by atoms with Gasteiger partial charge in [-0.2, -0.15) is 12.6 Å². The first-order chi connectivity index (χ1) is 8.34. The standard InChI is InChI=1S/C16H26OS/c1-12(2)13(11-18)10-17-15-8-6-14(7-9-15)16(3,4)5/h6-9,12-13,18H,10-11H2,1-5H3. The van der Waals surface area contributed by atoms with Crippen LogP contribution in [0, 0.1) is 11.8 Å². The van der Waals surface area contributed by atoms with Crippen LogP contribution in [0.4, 0.5) is 0 Å². The van der Waals surface area contributed by atoms with Crippen LogP contribution >= 0.6 is 12.6 Å². The molecule has 0 aliphatic carbocycles. The second-order valence-electron chi connectivity index (χ2n) is 6.27. The number of rotatable bonds is 5. The van der Waals surface area contributed by atoms with Crippen molar-refractivity contribution in [2.75, 3.05) is 12.4 Å². The number of ether oxygens (including phenoxy) is 1. The maximum atomic E-state index is 5.84. The normalized spacial score (nSPS) is 13.7. The van der Waals surface area contributed by atoms with Crippen molar-refractivity contribution in [2.24, 2.45) is 11.8 Å². The molecule has 0 heterocycles. The lowest BCUT2D eigenvalue weighted by atomic mass is 9.87. The van der Waals surface area contributed by atoms with Gasteiger partial charge in [0.05, 0.1) is 6.61 Å². The summed E-state index contributed by atoms with van der Waals surface area (Å²) in [5, 5.41) is 0. The highest BCUT2D eigenvalue weighted by molar-refractivity contribution is 7.80. The third-order valence-corrected chi connectivity index (χ3v) is 3.83. The zero-order valence-corrected chi connectivity index (χ0v) is 13.1. The average Bonchev–Trinajstić information content (AvgIpc) is 2.29. The molecule has 0 N–H and O–H groups in total. The van der Waals surface area contributed by atoms with E-state index in [0.717, 1.165) is 18.1 Å². The summed E-state index contributed by atoms with van der Waals surface area (Å²) >= 11 is 4.38. The van der Waals surface area contributed by atoms with E-state index in [0.29, 0.717) is 11.8 Å². The van der Waals surface area contributed by atoms with Crippen molar-refractivity contribution >= 4 is 12.6 Å². The summed E-state index contributed by atoms with van der Waals surface area (Å²) in [6.45, 7) is 11.8. The van der Waals surface area contributed by atoms with E-state index in [1.807, 2.05) is 0 Å². The van der Waals surface area contributed by atoms with E-state index in [1.165, 1.54) is 5.56 Å². The van der Waals surface area contributed by atoms with Crippen molar-refractivity contribution in [1.29, 1.82) is 0 Å². The Morgan fingerprint density at radius 1 is 1.11 bits per heavy atom. The molecular weight excluding hydrogens is 240 g/mol. The van der Waals surface area contributed by atoms with Gasteiger partial charge in [-0.1, -0.05) is 46.8 Å². The topological polar surface area (TPSA) is 9.23 Å². The molecule has 1 aromatic rings. The molecule has 102 valence electrons. The van der Waals surface area contributed by atoms with Gasteiger partial charge < -0.3 is 4.74 Å². The highest BCUT2D eigenvalue weighted by atomic mass is 32.1. The van der Waals surface area contributed by atoms with Gasteiger partial charge in [0.15, 0.2) is 0 Å². The van der Waals surface area contributed by atoms with Crippen molar-refractivity contribution in [1.82, 2.24) is 0 Å². The molecule has 2 heteroatoms. The second-order valence-corrected chi connectivity index (χ2v) is 6.64. The molecule has 1 atom stereocenters. The summed E-state index contributed by atoms with van der Waals surface area (Å²) in [6, 6.07) is 8.44. The van der Waals surface area contributed by atoms with Crippen LogP contribution < -0.4 is 4.74 Å². The fraction of sp³-hybridized carbons (Fsp3) is 0.625.